The van der Waals surface area contributed by atoms with E-state index in [1.807, 2.05) is 38.1 Å². The number of benzene rings is 2. The predicted molar refractivity (Wildman–Crippen MR) is 136 cm³/mol. The molecule has 1 N–H and O–H groups in total. The molecule has 1 heterocycles. The summed E-state index contributed by atoms with van der Waals surface area (Å²) in [5.74, 6) is 0. The van der Waals surface area contributed by atoms with Crippen molar-refractivity contribution in [1.29, 1.82) is 0 Å². The van der Waals surface area contributed by atoms with Crippen LogP contribution in [0.25, 0.3) is 0 Å². The molecule has 0 unspecified atom stereocenters. The molecule has 0 aliphatic carbocycles. The summed E-state index contributed by atoms with van der Waals surface area (Å²) in [5, 5.41) is 3.33. The minimum Gasteiger partial charge on any atom is -0.317 e. The average Bonchev–Trinajstić information content (AvgIpc) is 2.80. The van der Waals surface area contributed by atoms with Crippen LogP contribution in [0, 0.1) is 13.8 Å². The Hall–Kier alpha value is -1.78. The lowest BCUT2D eigenvalue weighted by Gasteiger charge is -2.25. The van der Waals surface area contributed by atoms with E-state index in [9.17, 15) is 16.8 Å². The van der Waals surface area contributed by atoms with Crippen molar-refractivity contribution in [3.63, 3.8) is 0 Å². The lowest BCUT2D eigenvalue weighted by molar-refractivity contribution is 0.359. The summed E-state index contributed by atoms with van der Waals surface area (Å²) < 4.78 is 56.0. The first-order valence-corrected chi connectivity index (χ1v) is 14.9. The van der Waals surface area contributed by atoms with Crippen molar-refractivity contribution >= 4 is 20.0 Å². The van der Waals surface area contributed by atoms with E-state index in [1.54, 1.807) is 32.9 Å². The molecule has 0 aromatic heterocycles. The van der Waals surface area contributed by atoms with Gasteiger partial charge in [-0.15, -0.1) is 0 Å². The molecule has 34 heavy (non-hydrogen) atoms. The molecule has 1 aliphatic rings. The molecule has 0 radical (unpaired) electrons. The highest BCUT2D eigenvalue weighted by Crippen LogP contribution is 2.20. The Morgan fingerprint density at radius 1 is 0.559 bits per heavy atom. The quantitative estimate of drug-likeness (QED) is 0.684. The highest BCUT2D eigenvalue weighted by molar-refractivity contribution is 7.89. The second kappa shape index (κ2) is 12.3. The molecule has 0 saturated carbocycles. The number of nitrogens with zero attached hydrogens (tertiary/aromatic N) is 2. The second-order valence-corrected chi connectivity index (χ2v) is 12.8. The molecule has 0 amide bonds. The molecule has 9 heteroatoms. The minimum atomic E-state index is -3.56. The zero-order valence-electron chi connectivity index (χ0n) is 20.2. The van der Waals surface area contributed by atoms with Crippen LogP contribution >= 0.6 is 0 Å². The average molecular weight is 508 g/mol. The summed E-state index contributed by atoms with van der Waals surface area (Å²) >= 11 is 0. The molecule has 1 saturated heterocycles. The first-order chi connectivity index (χ1) is 16.2. The number of nitrogens with one attached hydrogen (secondary N) is 1. The van der Waals surface area contributed by atoms with Crippen molar-refractivity contribution < 1.29 is 16.8 Å². The zero-order valence-corrected chi connectivity index (χ0v) is 21.9. The summed E-state index contributed by atoms with van der Waals surface area (Å²) in [6, 6.07) is 14.0. The number of sulfonamides is 2. The Morgan fingerprint density at radius 3 is 1.29 bits per heavy atom. The molecule has 0 atom stereocenters. The number of aryl methyl sites for hydroxylation is 2. The fourth-order valence-electron chi connectivity index (χ4n) is 4.06. The molecule has 188 valence electrons. The lowest BCUT2D eigenvalue weighted by atomic mass is 10.2. The van der Waals surface area contributed by atoms with Crippen LogP contribution in [0.15, 0.2) is 58.3 Å². The van der Waals surface area contributed by atoms with Crippen molar-refractivity contribution in [3.8, 4) is 0 Å². The van der Waals surface area contributed by atoms with Crippen LogP contribution in [-0.4, -0.2) is 64.7 Å². The third-order valence-corrected chi connectivity index (χ3v) is 9.98. The summed E-state index contributed by atoms with van der Waals surface area (Å²) in [6.45, 7) is 7.05. The van der Waals surface area contributed by atoms with Crippen LogP contribution < -0.4 is 5.32 Å². The number of rotatable bonds is 4. The molecule has 0 spiro atoms. The van der Waals surface area contributed by atoms with E-state index >= 15 is 0 Å². The van der Waals surface area contributed by atoms with Gasteiger partial charge in [0.25, 0.3) is 0 Å². The summed E-state index contributed by atoms with van der Waals surface area (Å²) in [4.78, 5) is 0.644. The van der Waals surface area contributed by atoms with Crippen LogP contribution in [0.2, 0.25) is 0 Å². The van der Waals surface area contributed by atoms with Gasteiger partial charge in [0.2, 0.25) is 20.0 Å². The molecule has 3 rings (SSSR count). The van der Waals surface area contributed by atoms with E-state index in [1.165, 1.54) is 0 Å². The van der Waals surface area contributed by atoms with Crippen LogP contribution in [0.3, 0.4) is 0 Å². The topological polar surface area (TPSA) is 86.8 Å². The Bertz CT molecular complexity index is 1030. The van der Waals surface area contributed by atoms with Gasteiger partial charge in [-0.3, -0.25) is 0 Å². The minimum absolute atomic E-state index is 0.322. The molecule has 1 fully saturated rings. The van der Waals surface area contributed by atoms with Crippen molar-refractivity contribution in [2.45, 2.75) is 55.7 Å². The van der Waals surface area contributed by atoms with Gasteiger partial charge in [-0.1, -0.05) is 41.8 Å². The van der Waals surface area contributed by atoms with Gasteiger partial charge in [0.15, 0.2) is 0 Å². The zero-order chi connectivity index (χ0) is 24.6. The van der Waals surface area contributed by atoms with Gasteiger partial charge in [-0.05, 0) is 76.9 Å². The maximum atomic E-state index is 13.2. The van der Waals surface area contributed by atoms with Crippen molar-refractivity contribution in [3.05, 3.63) is 59.7 Å². The fraction of sp³-hybridized carbons (Fsp3) is 0.520. The molecular formula is C25H37N3O4S2. The smallest absolute Gasteiger partial charge is 0.243 e. The van der Waals surface area contributed by atoms with Crippen LogP contribution in [0.4, 0.5) is 0 Å². The summed E-state index contributed by atoms with van der Waals surface area (Å²) in [7, 11) is -7.12. The van der Waals surface area contributed by atoms with Crippen LogP contribution in [0.1, 0.15) is 43.2 Å². The van der Waals surface area contributed by atoms with Gasteiger partial charge in [-0.25, -0.2) is 16.8 Å². The normalized spacial score (nSPS) is 18.9. The van der Waals surface area contributed by atoms with Gasteiger partial charge >= 0.3 is 0 Å². The van der Waals surface area contributed by atoms with E-state index in [2.05, 4.69) is 5.32 Å². The monoisotopic (exact) mass is 507 g/mol. The second-order valence-electron chi connectivity index (χ2n) is 8.95. The summed E-state index contributed by atoms with van der Waals surface area (Å²) in [5.41, 5.74) is 2.05. The highest BCUT2D eigenvalue weighted by Gasteiger charge is 2.25. The third kappa shape index (κ3) is 7.11. The third-order valence-electron chi connectivity index (χ3n) is 6.15. The Labute approximate surface area is 205 Å². The van der Waals surface area contributed by atoms with Crippen LogP contribution in [-0.2, 0) is 20.0 Å². The van der Waals surface area contributed by atoms with E-state index in [0.29, 0.717) is 74.7 Å². The highest BCUT2D eigenvalue weighted by atomic mass is 32.2. The van der Waals surface area contributed by atoms with E-state index < -0.39 is 20.0 Å². The Morgan fingerprint density at radius 2 is 0.912 bits per heavy atom. The first-order valence-electron chi connectivity index (χ1n) is 12.1. The van der Waals surface area contributed by atoms with Gasteiger partial charge in [0.1, 0.15) is 0 Å². The fourth-order valence-corrected chi connectivity index (χ4v) is 7.10. The molecular weight excluding hydrogens is 470 g/mol. The standard InChI is InChI=1S/C25H37N3O4S2/c1-22-8-12-24(13-9-22)33(29,30)27-18-4-3-5-19-28(21-7-17-26-16-6-20-27)34(31,32)25-14-10-23(2)11-15-25/h8-15,26H,3-7,16-21H2,1-2H3. The van der Waals surface area contributed by atoms with Gasteiger partial charge in [0.05, 0.1) is 9.79 Å². The maximum absolute atomic E-state index is 13.2. The van der Waals surface area contributed by atoms with Crippen molar-refractivity contribution in [2.24, 2.45) is 0 Å². The van der Waals surface area contributed by atoms with Crippen molar-refractivity contribution in [2.75, 3.05) is 39.3 Å². The lowest BCUT2D eigenvalue weighted by Crippen LogP contribution is -2.36. The summed E-state index contributed by atoms with van der Waals surface area (Å²) in [6.07, 6.45) is 3.55. The Kier molecular flexibility index (Phi) is 9.67. The van der Waals surface area contributed by atoms with Gasteiger partial charge in [-0.2, -0.15) is 8.61 Å². The van der Waals surface area contributed by atoms with E-state index in [0.717, 1.165) is 17.5 Å². The maximum Gasteiger partial charge on any atom is 0.243 e. The SMILES string of the molecule is Cc1ccc(S(=O)(=O)N2CCCCCN(S(=O)(=O)c3ccc(C)cc3)CCCNCCC2)cc1. The molecule has 0 bridgehead atoms. The van der Waals surface area contributed by atoms with Crippen LogP contribution in [0.5, 0.6) is 0 Å². The van der Waals surface area contributed by atoms with E-state index in [4.69, 9.17) is 0 Å². The number of hydrogen-bond acceptors (Lipinski definition) is 5. The predicted octanol–water partition coefficient (Wildman–Crippen LogP) is 3.54. The first kappa shape index (κ1) is 26.8. The van der Waals surface area contributed by atoms with Gasteiger partial charge in [0, 0.05) is 26.2 Å². The molecule has 2 aromatic carbocycles. The molecule has 7 nitrogen and oxygen atoms in total. The van der Waals surface area contributed by atoms with E-state index in [-0.39, 0.29) is 0 Å². The molecule has 2 aromatic rings. The number of hydrogen-bond donors (Lipinski definition) is 1. The van der Waals surface area contributed by atoms with Gasteiger partial charge < -0.3 is 5.32 Å². The largest absolute Gasteiger partial charge is 0.317 e. The van der Waals surface area contributed by atoms with Crippen molar-refractivity contribution in [1.82, 2.24) is 13.9 Å². The Balaban J connectivity index is 1.68. The molecule has 1 aliphatic heterocycles.